The lowest BCUT2D eigenvalue weighted by Crippen LogP contribution is -1.98. The number of hydrogen-bond acceptors (Lipinski definition) is 2. The van der Waals surface area contributed by atoms with Crippen molar-refractivity contribution in [2.24, 2.45) is 0 Å². The maximum Gasteiger partial charge on any atom is 0.184 e. The van der Waals surface area contributed by atoms with E-state index in [0.29, 0.717) is 26.6 Å². The fourth-order valence-electron chi connectivity index (χ4n) is 1.93. The van der Waals surface area contributed by atoms with Crippen LogP contribution in [-0.4, -0.2) is 14.5 Å². The Morgan fingerprint density at radius 2 is 1.80 bits per heavy atom. The molecule has 3 aromatic rings. The highest BCUT2D eigenvalue weighted by Gasteiger charge is 2.15. The number of aromatic nitrogens is 3. The van der Waals surface area contributed by atoms with Gasteiger partial charge in [0.1, 0.15) is 5.82 Å². The first kappa shape index (κ1) is 13.8. The molecule has 1 aromatic carbocycles. The van der Waals surface area contributed by atoms with Gasteiger partial charge in [0.2, 0.25) is 0 Å². The van der Waals surface area contributed by atoms with Crippen LogP contribution in [0.2, 0.25) is 15.1 Å². The summed E-state index contributed by atoms with van der Waals surface area (Å²) in [5, 5.41) is 0.754. The number of fused-ring (bicyclic) bond motifs is 1. The van der Waals surface area contributed by atoms with Gasteiger partial charge >= 0.3 is 0 Å². The maximum absolute atomic E-state index is 13.3. The summed E-state index contributed by atoms with van der Waals surface area (Å²) < 4.78 is 15.2. The molecule has 3 rings (SSSR count). The van der Waals surface area contributed by atoms with Crippen molar-refractivity contribution in [1.29, 1.82) is 0 Å². The highest BCUT2D eigenvalue weighted by Crippen LogP contribution is 2.32. The first-order valence-electron chi connectivity index (χ1n) is 5.38. The third-order valence-corrected chi connectivity index (χ3v) is 3.76. The van der Waals surface area contributed by atoms with Gasteiger partial charge in [0.05, 0.1) is 26.3 Å². The van der Waals surface area contributed by atoms with Gasteiger partial charge in [-0.15, -0.1) is 0 Å². The molecule has 1 N–H and O–H groups in total. The van der Waals surface area contributed by atoms with Crippen molar-refractivity contribution in [3.63, 3.8) is 0 Å². The Morgan fingerprint density at radius 3 is 2.45 bits per heavy atom. The van der Waals surface area contributed by atoms with Crippen molar-refractivity contribution in [2.75, 3.05) is 0 Å². The number of benzene rings is 1. The summed E-state index contributed by atoms with van der Waals surface area (Å²) in [7, 11) is 0. The van der Waals surface area contributed by atoms with Crippen LogP contribution in [0, 0.1) is 10.6 Å². The molecule has 0 aliphatic heterocycles. The largest absolute Gasteiger partial charge is 0.329 e. The van der Waals surface area contributed by atoms with Gasteiger partial charge in [-0.3, -0.25) is 4.57 Å². The van der Waals surface area contributed by atoms with Gasteiger partial charge in [0.15, 0.2) is 10.4 Å². The molecule has 0 aliphatic carbocycles. The third-order valence-electron chi connectivity index (χ3n) is 2.70. The van der Waals surface area contributed by atoms with E-state index in [4.69, 9.17) is 47.0 Å². The molecule has 0 radical (unpaired) electrons. The van der Waals surface area contributed by atoms with Crippen molar-refractivity contribution in [2.45, 2.75) is 0 Å². The van der Waals surface area contributed by atoms with Crippen LogP contribution < -0.4 is 0 Å². The van der Waals surface area contributed by atoms with Crippen molar-refractivity contribution in [3.05, 3.63) is 50.1 Å². The van der Waals surface area contributed by atoms with Gasteiger partial charge in [-0.05, 0) is 30.4 Å². The molecule has 102 valence electrons. The van der Waals surface area contributed by atoms with Gasteiger partial charge in [0, 0.05) is 6.20 Å². The Balaban J connectivity index is 2.41. The van der Waals surface area contributed by atoms with Gasteiger partial charge < -0.3 is 4.98 Å². The zero-order chi connectivity index (χ0) is 14.4. The zero-order valence-corrected chi connectivity index (χ0v) is 12.7. The second-order valence-corrected chi connectivity index (χ2v) is 5.65. The minimum absolute atomic E-state index is 0.142. The summed E-state index contributed by atoms with van der Waals surface area (Å²) in [6, 6.07) is 4.01. The fraction of sp³-hybridized carbons (Fsp3) is 0. The Morgan fingerprint density at radius 1 is 1.15 bits per heavy atom. The molecule has 0 aliphatic rings. The summed E-state index contributed by atoms with van der Waals surface area (Å²) in [5.74, 6) is -0.522. The van der Waals surface area contributed by atoms with E-state index in [1.165, 1.54) is 18.3 Å². The van der Waals surface area contributed by atoms with E-state index in [2.05, 4.69) is 9.97 Å². The van der Waals surface area contributed by atoms with Crippen molar-refractivity contribution in [1.82, 2.24) is 14.5 Å². The van der Waals surface area contributed by atoms with Crippen molar-refractivity contribution >= 4 is 58.2 Å². The van der Waals surface area contributed by atoms with E-state index in [1.54, 1.807) is 10.6 Å². The summed E-state index contributed by atoms with van der Waals surface area (Å²) in [6.07, 6.45) is 1.48. The molecule has 2 aromatic heterocycles. The van der Waals surface area contributed by atoms with E-state index in [9.17, 15) is 4.39 Å². The third kappa shape index (κ3) is 2.20. The first-order chi connectivity index (χ1) is 9.47. The number of pyridine rings is 1. The molecule has 0 unspecified atom stereocenters. The SMILES string of the molecule is Fc1cc(Cl)c(-n2c(=S)[nH]c3cc(Cl)cnc32)c(Cl)c1. The smallest absolute Gasteiger partial charge is 0.184 e. The lowest BCUT2D eigenvalue weighted by atomic mass is 10.3. The Labute approximate surface area is 132 Å². The summed E-state index contributed by atoms with van der Waals surface area (Å²) in [5.41, 5.74) is 1.52. The Kier molecular flexibility index (Phi) is 3.46. The van der Waals surface area contributed by atoms with Crippen molar-refractivity contribution < 1.29 is 4.39 Å². The normalized spacial score (nSPS) is 11.2. The molecule has 20 heavy (non-hydrogen) atoms. The van der Waals surface area contributed by atoms with Crippen LogP contribution in [0.5, 0.6) is 0 Å². The molecule has 2 heterocycles. The van der Waals surface area contributed by atoms with Gasteiger partial charge in [0.25, 0.3) is 0 Å². The average Bonchev–Trinajstić information content (AvgIpc) is 2.64. The fourth-order valence-corrected chi connectivity index (χ4v) is 3.00. The van der Waals surface area contributed by atoms with E-state index >= 15 is 0 Å². The van der Waals surface area contributed by atoms with Crippen molar-refractivity contribution in [3.8, 4) is 5.69 Å². The van der Waals surface area contributed by atoms with Crippen LogP contribution in [0.3, 0.4) is 0 Å². The molecular formula is C12H5Cl3FN3S. The summed E-state index contributed by atoms with van der Waals surface area (Å²) in [6.45, 7) is 0. The quantitative estimate of drug-likeness (QED) is 0.615. The van der Waals surface area contributed by atoms with E-state index in [-0.39, 0.29) is 10.0 Å². The summed E-state index contributed by atoms with van der Waals surface area (Å²) >= 11 is 23.3. The second kappa shape index (κ2) is 5.00. The number of H-pyrrole nitrogens is 1. The zero-order valence-electron chi connectivity index (χ0n) is 9.62. The predicted molar refractivity (Wildman–Crippen MR) is 81.2 cm³/mol. The monoisotopic (exact) mass is 347 g/mol. The number of halogens is 4. The van der Waals surface area contributed by atoms with Gasteiger partial charge in [-0.1, -0.05) is 34.8 Å². The van der Waals surface area contributed by atoms with Gasteiger partial charge in [-0.25, -0.2) is 9.37 Å². The van der Waals surface area contributed by atoms with Crippen LogP contribution in [0.15, 0.2) is 24.4 Å². The molecule has 8 heteroatoms. The van der Waals surface area contributed by atoms with Crippen LogP contribution in [-0.2, 0) is 0 Å². The molecule has 0 spiro atoms. The molecule has 3 nitrogen and oxygen atoms in total. The van der Waals surface area contributed by atoms with E-state index < -0.39 is 5.82 Å². The standard InChI is InChI=1S/C12H5Cl3FN3S/c13-5-1-9-11(17-4-5)19(12(20)18-9)10-7(14)2-6(16)3-8(10)15/h1-4H,(H,18,20). The lowest BCUT2D eigenvalue weighted by molar-refractivity contribution is 0.627. The van der Waals surface area contributed by atoms with Crippen LogP contribution in [0.25, 0.3) is 16.9 Å². The number of aromatic amines is 1. The number of nitrogens with zero attached hydrogens (tertiary/aromatic N) is 2. The highest BCUT2D eigenvalue weighted by molar-refractivity contribution is 7.71. The van der Waals surface area contributed by atoms with Crippen LogP contribution in [0.4, 0.5) is 4.39 Å². The molecular weight excluding hydrogens is 344 g/mol. The van der Waals surface area contributed by atoms with E-state index in [1.807, 2.05) is 0 Å². The maximum atomic E-state index is 13.3. The molecule has 0 saturated heterocycles. The van der Waals surface area contributed by atoms with Crippen LogP contribution in [0.1, 0.15) is 0 Å². The molecule has 0 saturated carbocycles. The lowest BCUT2D eigenvalue weighted by Gasteiger charge is -2.09. The number of hydrogen-bond donors (Lipinski definition) is 1. The van der Waals surface area contributed by atoms with Gasteiger partial charge in [-0.2, -0.15) is 0 Å². The Bertz CT molecular complexity index is 864. The number of nitrogens with one attached hydrogen (secondary N) is 1. The average molecular weight is 349 g/mol. The number of rotatable bonds is 1. The molecule has 0 amide bonds. The topological polar surface area (TPSA) is 33.6 Å². The highest BCUT2D eigenvalue weighted by atomic mass is 35.5. The number of imidazole rings is 1. The minimum Gasteiger partial charge on any atom is -0.329 e. The summed E-state index contributed by atoms with van der Waals surface area (Å²) in [4.78, 5) is 7.16. The minimum atomic E-state index is -0.522. The second-order valence-electron chi connectivity index (χ2n) is 4.01. The molecule has 0 fully saturated rings. The predicted octanol–water partition coefficient (Wildman–Crippen LogP) is 5.18. The van der Waals surface area contributed by atoms with E-state index in [0.717, 1.165) is 0 Å². The molecule has 0 bridgehead atoms. The molecule has 0 atom stereocenters. The first-order valence-corrected chi connectivity index (χ1v) is 6.93. The Hall–Kier alpha value is -1.14. The van der Waals surface area contributed by atoms with Crippen LogP contribution >= 0.6 is 47.0 Å².